The standard InChI is InChI=1S/C18H23N3O2S/c1-14(19-18(22)20-15-6-3-2-4-7-15)17(16-8-5-13-24-16)21-9-11-23-12-10-21/h2-8,13-14,17H,9-12H2,1H3,(H2,19,20,22)/p+1/t14-,17-/m1/s1. The summed E-state index contributed by atoms with van der Waals surface area (Å²) < 4.78 is 5.49. The SMILES string of the molecule is C[C@@H](NC(=O)Nc1ccccc1)[C@H](c1cccs1)[NH+]1CCOCC1. The summed E-state index contributed by atoms with van der Waals surface area (Å²) in [5, 5.41) is 8.10. The van der Waals surface area contributed by atoms with Crippen LogP contribution in [0, 0.1) is 0 Å². The maximum Gasteiger partial charge on any atom is 0.319 e. The molecule has 1 aromatic heterocycles. The van der Waals surface area contributed by atoms with Crippen LogP contribution in [0.5, 0.6) is 0 Å². The molecule has 6 heteroatoms. The van der Waals surface area contributed by atoms with Crippen molar-refractivity contribution < 1.29 is 14.4 Å². The molecule has 2 heterocycles. The predicted octanol–water partition coefficient (Wildman–Crippen LogP) is 1.91. The summed E-state index contributed by atoms with van der Waals surface area (Å²) in [6.45, 7) is 5.57. The lowest BCUT2D eigenvalue weighted by Gasteiger charge is -2.34. The molecule has 0 radical (unpaired) electrons. The Balaban J connectivity index is 1.66. The first-order chi connectivity index (χ1) is 11.7. The van der Waals surface area contributed by atoms with Crippen molar-refractivity contribution in [3.63, 3.8) is 0 Å². The van der Waals surface area contributed by atoms with Gasteiger partial charge in [0.25, 0.3) is 0 Å². The summed E-state index contributed by atoms with van der Waals surface area (Å²) in [7, 11) is 0. The molecular formula is C18H24N3O2S+. The molecule has 0 spiro atoms. The molecule has 3 rings (SSSR count). The number of rotatable bonds is 5. The number of hydrogen-bond acceptors (Lipinski definition) is 3. The zero-order chi connectivity index (χ0) is 16.8. The second-order valence-corrected chi connectivity index (χ2v) is 7.00. The maximum absolute atomic E-state index is 12.3. The number of morpholine rings is 1. The van der Waals surface area contributed by atoms with Crippen molar-refractivity contribution in [1.29, 1.82) is 0 Å². The van der Waals surface area contributed by atoms with E-state index in [9.17, 15) is 4.79 Å². The van der Waals surface area contributed by atoms with Crippen molar-refractivity contribution >= 4 is 23.1 Å². The van der Waals surface area contributed by atoms with Crippen molar-refractivity contribution in [1.82, 2.24) is 5.32 Å². The lowest BCUT2D eigenvalue weighted by atomic mass is 10.1. The number of hydrogen-bond donors (Lipinski definition) is 3. The van der Waals surface area contributed by atoms with Crippen LogP contribution >= 0.6 is 11.3 Å². The van der Waals surface area contributed by atoms with Gasteiger partial charge in [-0.05, 0) is 30.5 Å². The normalized spacial score (nSPS) is 17.9. The molecule has 1 saturated heterocycles. The molecular weight excluding hydrogens is 322 g/mol. The Morgan fingerprint density at radius 1 is 1.17 bits per heavy atom. The summed E-state index contributed by atoms with van der Waals surface area (Å²) >= 11 is 1.75. The monoisotopic (exact) mass is 346 g/mol. The lowest BCUT2D eigenvalue weighted by Crippen LogP contribution is -3.15. The highest BCUT2D eigenvalue weighted by atomic mass is 32.1. The molecule has 0 aliphatic carbocycles. The number of carbonyl (C=O) groups excluding carboxylic acids is 1. The van der Waals surface area contributed by atoms with E-state index in [1.807, 2.05) is 30.3 Å². The van der Waals surface area contributed by atoms with Crippen molar-refractivity contribution in [3.8, 4) is 0 Å². The van der Waals surface area contributed by atoms with Gasteiger partial charge < -0.3 is 20.3 Å². The quantitative estimate of drug-likeness (QED) is 0.775. The Bertz CT molecular complexity index is 627. The minimum Gasteiger partial charge on any atom is -0.370 e. The number of urea groups is 1. The molecule has 0 saturated carbocycles. The first-order valence-corrected chi connectivity index (χ1v) is 9.20. The number of amides is 2. The number of quaternary nitrogens is 1. The molecule has 2 atom stereocenters. The van der Waals surface area contributed by atoms with Crippen molar-refractivity contribution in [2.75, 3.05) is 31.6 Å². The smallest absolute Gasteiger partial charge is 0.319 e. The molecule has 128 valence electrons. The Morgan fingerprint density at radius 3 is 2.58 bits per heavy atom. The van der Waals surface area contributed by atoms with Gasteiger partial charge in [-0.3, -0.25) is 0 Å². The minimum atomic E-state index is -0.164. The minimum absolute atomic E-state index is 0.0282. The van der Waals surface area contributed by atoms with E-state index < -0.39 is 0 Å². The van der Waals surface area contributed by atoms with Gasteiger partial charge >= 0.3 is 6.03 Å². The lowest BCUT2D eigenvalue weighted by molar-refractivity contribution is -0.939. The Labute approximate surface area is 146 Å². The number of carbonyl (C=O) groups is 1. The van der Waals surface area contributed by atoms with Gasteiger partial charge in [0.1, 0.15) is 19.1 Å². The van der Waals surface area contributed by atoms with Crippen LogP contribution < -0.4 is 15.5 Å². The highest BCUT2D eigenvalue weighted by Crippen LogP contribution is 2.20. The summed E-state index contributed by atoms with van der Waals surface area (Å²) in [4.78, 5) is 15.1. The molecule has 1 aromatic carbocycles. The topological polar surface area (TPSA) is 54.8 Å². The zero-order valence-corrected chi connectivity index (χ0v) is 14.6. The first kappa shape index (κ1) is 17.0. The van der Waals surface area contributed by atoms with E-state index in [1.165, 1.54) is 9.78 Å². The summed E-state index contributed by atoms with van der Waals surface area (Å²) in [5.74, 6) is 0. The maximum atomic E-state index is 12.3. The fourth-order valence-electron chi connectivity index (χ4n) is 3.19. The second kappa shape index (κ2) is 8.28. The van der Waals surface area contributed by atoms with Crippen LogP contribution in [0.1, 0.15) is 17.8 Å². The van der Waals surface area contributed by atoms with Gasteiger partial charge in [-0.25, -0.2) is 4.79 Å². The Morgan fingerprint density at radius 2 is 1.92 bits per heavy atom. The molecule has 2 amide bonds. The number of benzene rings is 1. The molecule has 5 nitrogen and oxygen atoms in total. The van der Waals surface area contributed by atoms with Gasteiger partial charge in [0.05, 0.1) is 24.1 Å². The van der Waals surface area contributed by atoms with E-state index >= 15 is 0 Å². The molecule has 0 bridgehead atoms. The van der Waals surface area contributed by atoms with Crippen LogP contribution in [-0.4, -0.2) is 38.4 Å². The van der Waals surface area contributed by atoms with Crippen LogP contribution in [0.2, 0.25) is 0 Å². The third-order valence-electron chi connectivity index (χ3n) is 4.31. The molecule has 1 aliphatic rings. The van der Waals surface area contributed by atoms with E-state index in [4.69, 9.17) is 4.74 Å². The van der Waals surface area contributed by atoms with Crippen LogP contribution in [-0.2, 0) is 4.74 Å². The number of ether oxygens (including phenoxy) is 1. The van der Waals surface area contributed by atoms with Crippen molar-refractivity contribution in [2.24, 2.45) is 0 Å². The molecule has 1 aliphatic heterocycles. The Hall–Kier alpha value is -1.89. The summed E-state index contributed by atoms with van der Waals surface area (Å²) in [6.07, 6.45) is 0. The first-order valence-electron chi connectivity index (χ1n) is 8.32. The van der Waals surface area contributed by atoms with Gasteiger partial charge in [-0.1, -0.05) is 24.3 Å². The zero-order valence-electron chi connectivity index (χ0n) is 13.8. The average Bonchev–Trinajstić information content (AvgIpc) is 3.11. The fraction of sp³-hybridized carbons (Fsp3) is 0.389. The van der Waals surface area contributed by atoms with Gasteiger partial charge in [0, 0.05) is 5.69 Å². The Kier molecular flexibility index (Phi) is 5.85. The number of anilines is 1. The number of thiophene rings is 1. The second-order valence-electron chi connectivity index (χ2n) is 6.02. The van der Waals surface area contributed by atoms with Crippen LogP contribution in [0.3, 0.4) is 0 Å². The molecule has 24 heavy (non-hydrogen) atoms. The van der Waals surface area contributed by atoms with Crippen LogP contribution in [0.4, 0.5) is 10.5 Å². The van der Waals surface area contributed by atoms with Gasteiger partial charge in [-0.15, -0.1) is 11.3 Å². The van der Waals surface area contributed by atoms with Gasteiger partial charge in [0.15, 0.2) is 0 Å². The van der Waals surface area contributed by atoms with E-state index in [0.717, 1.165) is 32.0 Å². The molecule has 2 aromatic rings. The van der Waals surface area contributed by atoms with E-state index in [2.05, 4.69) is 35.1 Å². The fourth-order valence-corrected chi connectivity index (χ4v) is 4.18. The van der Waals surface area contributed by atoms with Gasteiger partial charge in [-0.2, -0.15) is 0 Å². The van der Waals surface area contributed by atoms with Gasteiger partial charge in [0.2, 0.25) is 0 Å². The highest BCUT2D eigenvalue weighted by Gasteiger charge is 2.33. The summed E-state index contributed by atoms with van der Waals surface area (Å²) in [6, 6.07) is 13.9. The van der Waals surface area contributed by atoms with Crippen molar-refractivity contribution in [2.45, 2.75) is 19.0 Å². The molecule has 3 N–H and O–H groups in total. The highest BCUT2D eigenvalue weighted by molar-refractivity contribution is 7.10. The third kappa shape index (κ3) is 4.35. The number of nitrogens with one attached hydrogen (secondary N) is 3. The van der Waals surface area contributed by atoms with E-state index in [-0.39, 0.29) is 18.1 Å². The van der Waals surface area contributed by atoms with E-state index in [1.54, 1.807) is 11.3 Å². The number of para-hydroxylation sites is 1. The molecule has 0 unspecified atom stereocenters. The van der Waals surface area contributed by atoms with Crippen LogP contribution in [0.15, 0.2) is 47.8 Å². The average molecular weight is 346 g/mol. The largest absolute Gasteiger partial charge is 0.370 e. The molecule has 1 fully saturated rings. The van der Waals surface area contributed by atoms with E-state index in [0.29, 0.717) is 0 Å². The predicted molar refractivity (Wildman–Crippen MR) is 96.6 cm³/mol. The van der Waals surface area contributed by atoms with Crippen molar-refractivity contribution in [3.05, 3.63) is 52.7 Å². The summed E-state index contributed by atoms with van der Waals surface area (Å²) in [5.41, 5.74) is 0.800. The van der Waals surface area contributed by atoms with Crippen LogP contribution in [0.25, 0.3) is 0 Å². The third-order valence-corrected chi connectivity index (χ3v) is 5.27.